The molecule has 0 aromatic heterocycles. The second-order valence-electron chi connectivity index (χ2n) is 3.91. The number of aromatic hydroxyl groups is 1. The van der Waals surface area contributed by atoms with Gasteiger partial charge in [0, 0.05) is 11.8 Å². The van der Waals surface area contributed by atoms with Gasteiger partial charge in [-0.25, -0.2) is 4.39 Å². The maximum absolute atomic E-state index is 13.2. The lowest BCUT2D eigenvalue weighted by atomic mass is 9.99. The number of rotatable bonds is 3. The zero-order valence-corrected chi connectivity index (χ0v) is 10.6. The average Bonchev–Trinajstić information content (AvgIpc) is 2.21. The second kappa shape index (κ2) is 4.82. The third-order valence-corrected chi connectivity index (χ3v) is 3.66. The maximum Gasteiger partial charge on any atom is 0.180 e. The molecule has 0 heterocycles. The lowest BCUT2D eigenvalue weighted by Crippen LogP contribution is -2.20. The van der Waals surface area contributed by atoms with Crippen LogP contribution in [-0.2, 0) is 0 Å². The Morgan fingerprint density at radius 3 is 2.56 bits per heavy atom. The van der Waals surface area contributed by atoms with Gasteiger partial charge in [-0.2, -0.15) is 0 Å². The fraction of sp³-hybridized carbons (Fsp3) is 0.364. The summed E-state index contributed by atoms with van der Waals surface area (Å²) >= 11 is 3.20. The molecule has 0 aliphatic heterocycles. The first kappa shape index (κ1) is 13.0. The van der Waals surface area contributed by atoms with Crippen molar-refractivity contribution in [2.45, 2.75) is 18.7 Å². The Bertz CT molecular complexity index is 421. The van der Waals surface area contributed by atoms with Crippen molar-refractivity contribution in [2.75, 3.05) is 5.73 Å². The molecule has 16 heavy (non-hydrogen) atoms. The maximum atomic E-state index is 13.2. The van der Waals surface area contributed by atoms with E-state index < -0.39 is 16.4 Å². The number of halogens is 2. The summed E-state index contributed by atoms with van der Waals surface area (Å²) in [5.74, 6) is -1.87. The van der Waals surface area contributed by atoms with Crippen molar-refractivity contribution in [2.24, 2.45) is 5.92 Å². The number of carbonyl (C=O) groups is 1. The Morgan fingerprint density at radius 2 is 2.06 bits per heavy atom. The molecule has 1 atom stereocenters. The minimum absolute atomic E-state index is 0.0383. The van der Waals surface area contributed by atoms with Crippen LogP contribution in [0.5, 0.6) is 5.75 Å². The number of anilines is 1. The van der Waals surface area contributed by atoms with Crippen LogP contribution in [-0.4, -0.2) is 15.7 Å². The average molecular weight is 290 g/mol. The van der Waals surface area contributed by atoms with E-state index >= 15 is 0 Å². The molecule has 1 aromatic carbocycles. The van der Waals surface area contributed by atoms with Crippen LogP contribution in [0.3, 0.4) is 0 Å². The highest BCUT2D eigenvalue weighted by atomic mass is 79.9. The van der Waals surface area contributed by atoms with Crippen LogP contribution < -0.4 is 5.73 Å². The van der Waals surface area contributed by atoms with Crippen LogP contribution in [0, 0.1) is 11.7 Å². The number of phenolic OH excluding ortho intramolecular Hbond substituents is 1. The van der Waals surface area contributed by atoms with Gasteiger partial charge in [0.15, 0.2) is 17.3 Å². The van der Waals surface area contributed by atoms with Gasteiger partial charge in [-0.1, -0.05) is 29.8 Å². The van der Waals surface area contributed by atoms with Crippen molar-refractivity contribution in [3.63, 3.8) is 0 Å². The number of benzene rings is 1. The summed E-state index contributed by atoms with van der Waals surface area (Å²) in [4.78, 5) is 11.4. The number of alkyl halides is 1. The molecule has 1 aromatic rings. The van der Waals surface area contributed by atoms with Gasteiger partial charge in [0.1, 0.15) is 0 Å². The van der Waals surface area contributed by atoms with Gasteiger partial charge in [0.05, 0.1) is 10.4 Å². The fourth-order valence-corrected chi connectivity index (χ4v) is 1.51. The van der Waals surface area contributed by atoms with E-state index in [9.17, 15) is 14.3 Å². The summed E-state index contributed by atoms with van der Waals surface area (Å²) in [6.07, 6.45) is 0. The van der Waals surface area contributed by atoms with Gasteiger partial charge < -0.3 is 10.8 Å². The SMILES string of the molecule is CC(C)C(Br)C(=O)c1cc(N)cc(F)c1O. The van der Waals surface area contributed by atoms with Crippen LogP contribution >= 0.6 is 15.9 Å². The molecule has 0 saturated carbocycles. The van der Waals surface area contributed by atoms with E-state index in [1.54, 1.807) is 0 Å². The Hall–Kier alpha value is -1.10. The van der Waals surface area contributed by atoms with Crippen LogP contribution in [0.25, 0.3) is 0 Å². The molecule has 0 amide bonds. The Morgan fingerprint density at radius 1 is 1.50 bits per heavy atom. The molecule has 88 valence electrons. The second-order valence-corrected chi connectivity index (χ2v) is 4.90. The fourth-order valence-electron chi connectivity index (χ4n) is 1.26. The van der Waals surface area contributed by atoms with Crippen LogP contribution in [0.1, 0.15) is 24.2 Å². The van der Waals surface area contributed by atoms with E-state index in [0.29, 0.717) is 0 Å². The number of ketones is 1. The van der Waals surface area contributed by atoms with E-state index in [-0.39, 0.29) is 23.0 Å². The van der Waals surface area contributed by atoms with Gasteiger partial charge in [-0.05, 0) is 12.0 Å². The van der Waals surface area contributed by atoms with E-state index in [1.165, 1.54) is 6.07 Å². The van der Waals surface area contributed by atoms with Crippen LogP contribution in [0.2, 0.25) is 0 Å². The van der Waals surface area contributed by atoms with Gasteiger partial charge >= 0.3 is 0 Å². The molecule has 3 N–H and O–H groups in total. The number of nitrogen functional groups attached to an aromatic ring is 1. The van der Waals surface area contributed by atoms with Crippen molar-refractivity contribution in [3.05, 3.63) is 23.5 Å². The predicted octanol–water partition coefficient (Wildman–Crippen LogP) is 2.72. The normalized spacial score (nSPS) is 12.8. The molecule has 5 heteroatoms. The molecule has 0 spiro atoms. The summed E-state index contributed by atoms with van der Waals surface area (Å²) in [5.41, 5.74) is 5.45. The molecule has 1 rings (SSSR count). The number of Topliss-reactive ketones (excluding diaryl/α,β-unsaturated/α-hetero) is 1. The zero-order chi connectivity index (χ0) is 12.5. The molecule has 0 bridgehead atoms. The van der Waals surface area contributed by atoms with Crippen molar-refractivity contribution < 1.29 is 14.3 Å². The molecule has 0 saturated heterocycles. The number of hydrogen-bond acceptors (Lipinski definition) is 3. The highest BCUT2D eigenvalue weighted by Gasteiger charge is 2.24. The first-order valence-electron chi connectivity index (χ1n) is 4.81. The van der Waals surface area contributed by atoms with E-state index in [2.05, 4.69) is 15.9 Å². The third kappa shape index (κ3) is 2.52. The third-order valence-electron chi connectivity index (χ3n) is 2.19. The van der Waals surface area contributed by atoms with Crippen molar-refractivity contribution >= 4 is 27.4 Å². The van der Waals surface area contributed by atoms with Gasteiger partial charge in [0.25, 0.3) is 0 Å². The first-order chi connectivity index (χ1) is 7.34. The summed E-state index contributed by atoms with van der Waals surface area (Å²) in [5, 5.41) is 9.45. The summed E-state index contributed by atoms with van der Waals surface area (Å²) in [6, 6.07) is 2.25. The molecule has 0 fully saturated rings. The number of hydrogen-bond donors (Lipinski definition) is 2. The van der Waals surface area contributed by atoms with Crippen LogP contribution in [0.15, 0.2) is 12.1 Å². The Balaban J connectivity index is 3.18. The summed E-state index contributed by atoms with van der Waals surface area (Å²) in [7, 11) is 0. The quantitative estimate of drug-likeness (QED) is 0.389. The standard InChI is InChI=1S/C11H13BrFNO2/c1-5(2)9(12)11(16)7-3-6(14)4-8(13)10(7)15/h3-5,9,15H,14H2,1-2H3. The number of nitrogens with two attached hydrogens (primary N) is 1. The van der Waals surface area contributed by atoms with Crippen molar-refractivity contribution in [3.8, 4) is 5.75 Å². The summed E-state index contributed by atoms with van der Waals surface area (Å²) < 4.78 is 13.2. The van der Waals surface area contributed by atoms with E-state index in [1.807, 2.05) is 13.8 Å². The molecular weight excluding hydrogens is 277 g/mol. The topological polar surface area (TPSA) is 63.3 Å². The molecular formula is C11H13BrFNO2. The Labute approximate surface area is 102 Å². The Kier molecular flexibility index (Phi) is 3.91. The van der Waals surface area contributed by atoms with Gasteiger partial charge in [-0.3, -0.25) is 4.79 Å². The van der Waals surface area contributed by atoms with E-state index in [4.69, 9.17) is 5.73 Å². The van der Waals surface area contributed by atoms with Gasteiger partial charge in [0.2, 0.25) is 0 Å². The minimum Gasteiger partial charge on any atom is -0.504 e. The highest BCUT2D eigenvalue weighted by Crippen LogP contribution is 2.28. The smallest absolute Gasteiger partial charge is 0.180 e. The molecule has 0 aliphatic carbocycles. The van der Waals surface area contributed by atoms with E-state index in [0.717, 1.165) is 6.07 Å². The first-order valence-corrected chi connectivity index (χ1v) is 5.72. The lowest BCUT2D eigenvalue weighted by Gasteiger charge is -2.14. The molecule has 1 unspecified atom stereocenters. The predicted molar refractivity (Wildman–Crippen MR) is 64.4 cm³/mol. The van der Waals surface area contributed by atoms with Crippen LogP contribution in [0.4, 0.5) is 10.1 Å². The molecule has 0 aliphatic rings. The van der Waals surface area contributed by atoms with Gasteiger partial charge in [-0.15, -0.1) is 0 Å². The highest BCUT2D eigenvalue weighted by molar-refractivity contribution is 9.10. The van der Waals surface area contributed by atoms with Crippen molar-refractivity contribution in [1.82, 2.24) is 0 Å². The monoisotopic (exact) mass is 289 g/mol. The number of carbonyl (C=O) groups excluding carboxylic acids is 1. The lowest BCUT2D eigenvalue weighted by molar-refractivity contribution is 0.0974. The zero-order valence-electron chi connectivity index (χ0n) is 9.00. The van der Waals surface area contributed by atoms with Crippen molar-refractivity contribution in [1.29, 1.82) is 0 Å². The molecule has 3 nitrogen and oxygen atoms in total. The summed E-state index contributed by atoms with van der Waals surface area (Å²) in [6.45, 7) is 3.69. The molecule has 0 radical (unpaired) electrons. The minimum atomic E-state index is -0.883. The largest absolute Gasteiger partial charge is 0.504 e. The number of phenols is 1.